The number of sulfonamides is 1. The highest BCUT2D eigenvalue weighted by Crippen LogP contribution is 2.21. The van der Waals surface area contributed by atoms with Gasteiger partial charge in [0.2, 0.25) is 5.91 Å². The Hall–Kier alpha value is -3.65. The third-order valence-corrected chi connectivity index (χ3v) is 6.29. The van der Waals surface area contributed by atoms with E-state index in [1.165, 1.54) is 13.0 Å². The van der Waals surface area contributed by atoms with Crippen LogP contribution in [0.15, 0.2) is 71.6 Å². The highest BCUT2D eigenvalue weighted by Gasteiger charge is 2.19. The molecular weight excluding hydrogens is 426 g/mol. The Bertz CT molecular complexity index is 1240. The van der Waals surface area contributed by atoms with Crippen LogP contribution in [0.1, 0.15) is 34.0 Å². The third-order valence-electron chi connectivity index (χ3n) is 4.77. The van der Waals surface area contributed by atoms with Crippen molar-refractivity contribution in [2.75, 3.05) is 10.0 Å². The van der Waals surface area contributed by atoms with Crippen LogP contribution in [-0.4, -0.2) is 20.2 Å². The number of rotatable bonds is 7. The summed E-state index contributed by atoms with van der Waals surface area (Å²) in [5, 5.41) is 5.47. The fourth-order valence-corrected chi connectivity index (χ4v) is 4.39. The second-order valence-electron chi connectivity index (χ2n) is 7.51. The third kappa shape index (κ3) is 5.95. The van der Waals surface area contributed by atoms with Gasteiger partial charge in [0, 0.05) is 30.4 Å². The SMILES string of the molecule is CC(=O)Nc1ccc(CNC(=O)c2ccc(C)c(S(=O)(=O)Nc3ccc(C)cc3)c2)cc1. The molecule has 0 saturated carbocycles. The summed E-state index contributed by atoms with van der Waals surface area (Å²) in [4.78, 5) is 23.8. The maximum absolute atomic E-state index is 12.9. The van der Waals surface area contributed by atoms with E-state index in [-0.39, 0.29) is 28.8 Å². The molecule has 0 atom stereocenters. The van der Waals surface area contributed by atoms with Crippen molar-refractivity contribution in [3.63, 3.8) is 0 Å². The highest BCUT2D eigenvalue weighted by atomic mass is 32.2. The molecule has 0 aromatic heterocycles. The predicted octanol–water partition coefficient (Wildman–Crippen LogP) is 3.99. The molecule has 0 aliphatic rings. The van der Waals surface area contributed by atoms with E-state index in [0.717, 1.165) is 11.1 Å². The first kappa shape index (κ1) is 23.0. The molecule has 3 aromatic carbocycles. The number of carbonyl (C=O) groups is 2. The smallest absolute Gasteiger partial charge is 0.262 e. The summed E-state index contributed by atoms with van der Waals surface area (Å²) in [5.74, 6) is -0.546. The number of anilines is 2. The van der Waals surface area contributed by atoms with Crippen molar-refractivity contribution < 1.29 is 18.0 Å². The largest absolute Gasteiger partial charge is 0.348 e. The van der Waals surface area contributed by atoms with Gasteiger partial charge in [-0.25, -0.2) is 8.42 Å². The molecule has 8 heteroatoms. The summed E-state index contributed by atoms with van der Waals surface area (Å²) >= 11 is 0. The number of hydrogen-bond donors (Lipinski definition) is 3. The Morgan fingerprint density at radius 3 is 2.09 bits per heavy atom. The molecule has 0 spiro atoms. The minimum Gasteiger partial charge on any atom is -0.348 e. The lowest BCUT2D eigenvalue weighted by Gasteiger charge is -2.13. The van der Waals surface area contributed by atoms with Crippen molar-refractivity contribution in [2.24, 2.45) is 0 Å². The molecule has 0 bridgehead atoms. The predicted molar refractivity (Wildman–Crippen MR) is 125 cm³/mol. The van der Waals surface area contributed by atoms with Crippen LogP contribution in [0.2, 0.25) is 0 Å². The van der Waals surface area contributed by atoms with Crippen molar-refractivity contribution in [3.05, 3.63) is 89.0 Å². The number of aryl methyl sites for hydroxylation is 2. The van der Waals surface area contributed by atoms with E-state index < -0.39 is 10.0 Å². The average molecular weight is 452 g/mol. The summed E-state index contributed by atoms with van der Waals surface area (Å²) in [6.07, 6.45) is 0. The van der Waals surface area contributed by atoms with Crippen LogP contribution in [0.3, 0.4) is 0 Å². The Balaban J connectivity index is 1.72. The normalized spacial score (nSPS) is 11.0. The molecule has 166 valence electrons. The van der Waals surface area contributed by atoms with Crippen molar-refractivity contribution in [2.45, 2.75) is 32.2 Å². The molecule has 0 saturated heterocycles. The molecule has 3 aromatic rings. The summed E-state index contributed by atoms with van der Waals surface area (Å²) in [6.45, 7) is 5.29. The standard InChI is InChI=1S/C24H25N3O4S/c1-16-4-10-22(11-5-16)27-32(30,31)23-14-20(9-6-17(23)2)24(29)25-15-19-7-12-21(13-8-19)26-18(3)28/h4-14,27H,15H2,1-3H3,(H,25,29)(H,26,28). The summed E-state index contributed by atoms with van der Waals surface area (Å²) in [7, 11) is -3.86. The Morgan fingerprint density at radius 2 is 1.47 bits per heavy atom. The minimum absolute atomic E-state index is 0.0467. The van der Waals surface area contributed by atoms with E-state index in [4.69, 9.17) is 0 Å². The molecule has 7 nitrogen and oxygen atoms in total. The molecule has 0 radical (unpaired) electrons. The first-order valence-corrected chi connectivity index (χ1v) is 11.5. The first-order valence-electron chi connectivity index (χ1n) is 9.99. The number of benzene rings is 3. The van der Waals surface area contributed by atoms with Gasteiger partial charge in [0.05, 0.1) is 4.90 Å². The second-order valence-corrected chi connectivity index (χ2v) is 9.16. The van der Waals surface area contributed by atoms with Crippen molar-refractivity contribution >= 4 is 33.2 Å². The van der Waals surface area contributed by atoms with Crippen molar-refractivity contribution in [3.8, 4) is 0 Å². The van der Waals surface area contributed by atoms with Crippen molar-refractivity contribution in [1.29, 1.82) is 0 Å². The molecule has 0 fully saturated rings. The van der Waals surface area contributed by atoms with Crippen LogP contribution >= 0.6 is 0 Å². The van der Waals surface area contributed by atoms with E-state index in [0.29, 0.717) is 16.9 Å². The molecule has 0 aliphatic carbocycles. The van der Waals surface area contributed by atoms with Gasteiger partial charge >= 0.3 is 0 Å². The quantitative estimate of drug-likeness (QED) is 0.505. The molecule has 3 rings (SSSR count). The Kier molecular flexibility index (Phi) is 6.95. The van der Waals surface area contributed by atoms with E-state index in [1.807, 2.05) is 19.1 Å². The zero-order chi connectivity index (χ0) is 23.3. The lowest BCUT2D eigenvalue weighted by molar-refractivity contribution is -0.114. The number of hydrogen-bond acceptors (Lipinski definition) is 4. The molecule has 0 heterocycles. The Labute approximate surface area is 187 Å². The number of amides is 2. The van der Waals surface area contributed by atoms with Gasteiger partial charge in [-0.3, -0.25) is 14.3 Å². The van der Waals surface area contributed by atoms with Crippen LogP contribution in [0, 0.1) is 13.8 Å². The highest BCUT2D eigenvalue weighted by molar-refractivity contribution is 7.92. The van der Waals surface area contributed by atoms with Gasteiger partial charge in [-0.15, -0.1) is 0 Å². The van der Waals surface area contributed by atoms with Crippen LogP contribution in [0.4, 0.5) is 11.4 Å². The number of nitrogens with one attached hydrogen (secondary N) is 3. The van der Waals surface area contributed by atoms with Gasteiger partial charge in [-0.05, 0) is 61.4 Å². The maximum Gasteiger partial charge on any atom is 0.262 e. The first-order chi connectivity index (χ1) is 15.1. The zero-order valence-electron chi connectivity index (χ0n) is 18.1. The van der Waals surface area contributed by atoms with Gasteiger partial charge in [0.15, 0.2) is 0 Å². The van der Waals surface area contributed by atoms with Crippen molar-refractivity contribution in [1.82, 2.24) is 5.32 Å². The van der Waals surface area contributed by atoms with Gasteiger partial charge in [-0.1, -0.05) is 35.9 Å². The van der Waals surface area contributed by atoms with Crippen LogP contribution in [0.25, 0.3) is 0 Å². The maximum atomic E-state index is 12.9. The molecule has 2 amide bonds. The van der Waals surface area contributed by atoms with Gasteiger partial charge in [0.1, 0.15) is 0 Å². The minimum atomic E-state index is -3.86. The van der Waals surface area contributed by atoms with E-state index in [2.05, 4.69) is 15.4 Å². The monoisotopic (exact) mass is 451 g/mol. The molecule has 0 unspecified atom stereocenters. The lowest BCUT2D eigenvalue weighted by Crippen LogP contribution is -2.23. The van der Waals surface area contributed by atoms with Gasteiger partial charge < -0.3 is 10.6 Å². The summed E-state index contributed by atoms with van der Waals surface area (Å²) in [6, 6.07) is 18.7. The van der Waals surface area contributed by atoms with E-state index >= 15 is 0 Å². The van der Waals surface area contributed by atoms with Crippen LogP contribution in [0.5, 0.6) is 0 Å². The average Bonchev–Trinajstić information content (AvgIpc) is 2.74. The second kappa shape index (κ2) is 9.65. The fraction of sp³-hybridized carbons (Fsp3) is 0.167. The zero-order valence-corrected chi connectivity index (χ0v) is 18.9. The lowest BCUT2D eigenvalue weighted by atomic mass is 10.1. The van der Waals surface area contributed by atoms with Crippen LogP contribution in [-0.2, 0) is 21.4 Å². The molecule has 3 N–H and O–H groups in total. The summed E-state index contributed by atoms with van der Waals surface area (Å²) < 4.78 is 28.4. The molecule has 0 aliphatic heterocycles. The van der Waals surface area contributed by atoms with Gasteiger partial charge in [-0.2, -0.15) is 0 Å². The number of carbonyl (C=O) groups excluding carboxylic acids is 2. The van der Waals surface area contributed by atoms with E-state index in [9.17, 15) is 18.0 Å². The summed E-state index contributed by atoms with van der Waals surface area (Å²) in [5.41, 5.74) is 3.76. The molecule has 32 heavy (non-hydrogen) atoms. The topological polar surface area (TPSA) is 104 Å². The van der Waals surface area contributed by atoms with Gasteiger partial charge in [0.25, 0.3) is 15.9 Å². The van der Waals surface area contributed by atoms with E-state index in [1.54, 1.807) is 55.5 Å². The molecular formula is C24H25N3O4S. The van der Waals surface area contributed by atoms with Crippen LogP contribution < -0.4 is 15.4 Å². The Morgan fingerprint density at radius 1 is 0.844 bits per heavy atom. The fourth-order valence-electron chi connectivity index (χ4n) is 3.06.